The van der Waals surface area contributed by atoms with Crippen LogP contribution in [0.15, 0.2) is 41.3 Å². The molecule has 0 N–H and O–H groups in total. The maximum Gasteiger partial charge on any atom is 0.260 e. The van der Waals surface area contributed by atoms with Crippen LogP contribution in [0.3, 0.4) is 0 Å². The SMILES string of the molecule is CCN(CC)S(=O)(=O)c1ccc(C(=O)N(CCN(C)C)c2nc3cc4c(cc3s2)OCCO4)cc1. The molecular weight excluding hydrogens is 488 g/mol. The monoisotopic (exact) mass is 518 g/mol. The van der Waals surface area contributed by atoms with Gasteiger partial charge in [-0.25, -0.2) is 13.4 Å². The summed E-state index contributed by atoms with van der Waals surface area (Å²) in [6.45, 7) is 6.42. The molecule has 2 heterocycles. The van der Waals surface area contributed by atoms with Gasteiger partial charge in [-0.3, -0.25) is 9.69 Å². The number of hydrogen-bond acceptors (Lipinski definition) is 8. The second-order valence-electron chi connectivity index (χ2n) is 8.33. The van der Waals surface area contributed by atoms with Gasteiger partial charge in [-0.15, -0.1) is 0 Å². The van der Waals surface area contributed by atoms with Crippen LogP contribution >= 0.6 is 11.3 Å². The second-order valence-corrected chi connectivity index (χ2v) is 11.3. The highest BCUT2D eigenvalue weighted by Gasteiger charge is 2.25. The summed E-state index contributed by atoms with van der Waals surface area (Å²) in [5.74, 6) is 1.09. The minimum absolute atomic E-state index is 0.170. The van der Waals surface area contributed by atoms with Gasteiger partial charge in [0.05, 0.1) is 15.1 Å². The number of ether oxygens (including phenoxy) is 2. The highest BCUT2D eigenvalue weighted by Crippen LogP contribution is 2.39. The lowest BCUT2D eigenvalue weighted by Gasteiger charge is -2.22. The fraction of sp³-hybridized carbons (Fsp3) is 0.417. The van der Waals surface area contributed by atoms with Crippen LogP contribution in [0.1, 0.15) is 24.2 Å². The van der Waals surface area contributed by atoms with E-state index in [0.717, 1.165) is 10.2 Å². The lowest BCUT2D eigenvalue weighted by molar-refractivity contribution is 0.0985. The third-order valence-electron chi connectivity index (χ3n) is 5.73. The van der Waals surface area contributed by atoms with Gasteiger partial charge in [0, 0.05) is 43.9 Å². The average molecular weight is 519 g/mol. The maximum atomic E-state index is 13.6. The van der Waals surface area contributed by atoms with E-state index in [1.807, 2.05) is 31.1 Å². The maximum absolute atomic E-state index is 13.6. The molecule has 0 saturated heterocycles. The molecule has 0 saturated carbocycles. The number of carbonyl (C=O) groups excluding carboxylic acids is 1. The number of amides is 1. The van der Waals surface area contributed by atoms with E-state index >= 15 is 0 Å². The Morgan fingerprint density at radius 1 is 1.00 bits per heavy atom. The number of thiazole rings is 1. The highest BCUT2D eigenvalue weighted by molar-refractivity contribution is 7.89. The molecule has 3 aromatic rings. The zero-order valence-corrected chi connectivity index (χ0v) is 22.0. The first kappa shape index (κ1) is 25.4. The zero-order chi connectivity index (χ0) is 25.2. The van der Waals surface area contributed by atoms with Crippen molar-refractivity contribution in [3.63, 3.8) is 0 Å². The van der Waals surface area contributed by atoms with Crippen molar-refractivity contribution in [1.82, 2.24) is 14.2 Å². The van der Waals surface area contributed by atoms with Crippen LogP contribution in [-0.4, -0.2) is 82.0 Å². The van der Waals surface area contributed by atoms with Crippen LogP contribution in [0.4, 0.5) is 5.13 Å². The molecule has 0 bridgehead atoms. The van der Waals surface area contributed by atoms with Gasteiger partial charge in [0.15, 0.2) is 16.6 Å². The Hall–Kier alpha value is -2.73. The van der Waals surface area contributed by atoms with E-state index in [0.29, 0.717) is 61.6 Å². The van der Waals surface area contributed by atoms with Crippen molar-refractivity contribution in [2.45, 2.75) is 18.7 Å². The van der Waals surface area contributed by atoms with Crippen LogP contribution in [0.5, 0.6) is 11.5 Å². The summed E-state index contributed by atoms with van der Waals surface area (Å²) in [5, 5.41) is 0.564. The number of carbonyl (C=O) groups is 1. The normalized spacial score (nSPS) is 13.5. The number of anilines is 1. The van der Waals surface area contributed by atoms with Gasteiger partial charge in [0.1, 0.15) is 13.2 Å². The molecule has 0 fully saturated rings. The van der Waals surface area contributed by atoms with Crippen LogP contribution in [0.25, 0.3) is 10.2 Å². The van der Waals surface area contributed by atoms with E-state index in [1.165, 1.54) is 27.8 Å². The van der Waals surface area contributed by atoms with Gasteiger partial charge >= 0.3 is 0 Å². The molecule has 0 aliphatic carbocycles. The summed E-state index contributed by atoms with van der Waals surface area (Å²) in [7, 11) is 0.287. The Labute approximate surface area is 209 Å². The largest absolute Gasteiger partial charge is 0.486 e. The van der Waals surface area contributed by atoms with E-state index in [9.17, 15) is 13.2 Å². The Morgan fingerprint density at radius 2 is 1.63 bits per heavy atom. The lowest BCUT2D eigenvalue weighted by atomic mass is 10.2. The number of rotatable bonds is 9. The van der Waals surface area contributed by atoms with Gasteiger partial charge in [0.2, 0.25) is 10.0 Å². The number of sulfonamides is 1. The van der Waals surface area contributed by atoms with E-state index in [-0.39, 0.29) is 10.8 Å². The number of benzene rings is 2. The van der Waals surface area contributed by atoms with Gasteiger partial charge in [0.25, 0.3) is 5.91 Å². The Balaban J connectivity index is 1.66. The average Bonchev–Trinajstić information content (AvgIpc) is 3.25. The number of likely N-dealkylation sites (N-methyl/N-ethyl adjacent to an activating group) is 1. The van der Waals surface area contributed by atoms with Crippen molar-refractivity contribution in [3.8, 4) is 11.5 Å². The predicted octanol–water partition coefficient (Wildman–Crippen LogP) is 3.31. The summed E-state index contributed by atoms with van der Waals surface area (Å²) < 4.78 is 39.3. The minimum atomic E-state index is -3.60. The second kappa shape index (κ2) is 10.5. The molecular formula is C24H30N4O5S2. The van der Waals surface area contributed by atoms with Crippen molar-refractivity contribution in [2.75, 3.05) is 58.4 Å². The molecule has 0 radical (unpaired) electrons. The fourth-order valence-corrected chi connectivity index (χ4v) is 6.25. The molecule has 9 nitrogen and oxygen atoms in total. The first-order chi connectivity index (χ1) is 16.7. The molecule has 11 heteroatoms. The summed E-state index contributed by atoms with van der Waals surface area (Å²) >= 11 is 1.41. The van der Waals surface area contributed by atoms with E-state index in [2.05, 4.69) is 0 Å². The molecule has 1 aliphatic rings. The molecule has 1 aliphatic heterocycles. The van der Waals surface area contributed by atoms with Crippen molar-refractivity contribution in [3.05, 3.63) is 42.0 Å². The fourth-order valence-electron chi connectivity index (χ4n) is 3.79. The number of hydrogen-bond donors (Lipinski definition) is 0. The topological polar surface area (TPSA) is 92.3 Å². The third-order valence-corrected chi connectivity index (χ3v) is 8.84. The Kier molecular flexibility index (Phi) is 7.60. The van der Waals surface area contributed by atoms with Gasteiger partial charge < -0.3 is 14.4 Å². The Morgan fingerprint density at radius 3 is 2.23 bits per heavy atom. The van der Waals surface area contributed by atoms with E-state index < -0.39 is 10.0 Å². The molecule has 0 atom stereocenters. The van der Waals surface area contributed by atoms with Crippen molar-refractivity contribution < 1.29 is 22.7 Å². The molecule has 1 amide bonds. The van der Waals surface area contributed by atoms with Crippen molar-refractivity contribution in [2.24, 2.45) is 0 Å². The molecule has 35 heavy (non-hydrogen) atoms. The first-order valence-electron chi connectivity index (χ1n) is 11.5. The van der Waals surface area contributed by atoms with Gasteiger partial charge in [-0.2, -0.15) is 4.31 Å². The van der Waals surface area contributed by atoms with Crippen LogP contribution in [0.2, 0.25) is 0 Å². The van der Waals surface area contributed by atoms with E-state index in [4.69, 9.17) is 14.5 Å². The zero-order valence-electron chi connectivity index (χ0n) is 20.4. The summed E-state index contributed by atoms with van der Waals surface area (Å²) in [6.07, 6.45) is 0. The predicted molar refractivity (Wildman–Crippen MR) is 137 cm³/mol. The standard InChI is InChI=1S/C24H30N4O5S2/c1-5-27(6-2)35(30,31)18-9-7-17(8-10-18)23(29)28(12-11-26(3)4)24-25-19-15-20-21(16-22(19)34-24)33-14-13-32-20/h7-10,15-16H,5-6,11-14H2,1-4H3. The Bertz CT molecular complexity index is 1260. The molecule has 0 unspecified atom stereocenters. The van der Waals surface area contributed by atoms with Crippen molar-refractivity contribution >= 4 is 42.6 Å². The number of fused-ring (bicyclic) bond motifs is 2. The van der Waals surface area contributed by atoms with Crippen LogP contribution < -0.4 is 14.4 Å². The molecule has 4 rings (SSSR count). The van der Waals surface area contributed by atoms with Crippen LogP contribution in [-0.2, 0) is 10.0 Å². The van der Waals surface area contributed by atoms with E-state index in [1.54, 1.807) is 30.9 Å². The lowest BCUT2D eigenvalue weighted by Crippen LogP contribution is -2.36. The summed E-state index contributed by atoms with van der Waals surface area (Å²) in [5.41, 5.74) is 1.13. The number of aromatic nitrogens is 1. The third kappa shape index (κ3) is 5.27. The van der Waals surface area contributed by atoms with Crippen LogP contribution in [0, 0.1) is 0 Å². The summed E-state index contributed by atoms with van der Waals surface area (Å²) in [4.78, 5) is 22.1. The first-order valence-corrected chi connectivity index (χ1v) is 13.8. The van der Waals surface area contributed by atoms with Gasteiger partial charge in [-0.1, -0.05) is 25.2 Å². The minimum Gasteiger partial charge on any atom is -0.486 e. The smallest absolute Gasteiger partial charge is 0.260 e. The summed E-state index contributed by atoms with van der Waals surface area (Å²) in [6, 6.07) is 9.85. The number of nitrogens with zero attached hydrogens (tertiary/aromatic N) is 4. The van der Waals surface area contributed by atoms with Crippen molar-refractivity contribution in [1.29, 1.82) is 0 Å². The van der Waals surface area contributed by atoms with Gasteiger partial charge in [-0.05, 0) is 38.4 Å². The molecule has 0 spiro atoms. The molecule has 188 valence electrons. The molecule has 2 aromatic carbocycles. The molecule has 1 aromatic heterocycles. The quantitative estimate of drug-likeness (QED) is 0.429. The highest BCUT2D eigenvalue weighted by atomic mass is 32.2.